The highest BCUT2D eigenvalue weighted by atomic mass is 127. The summed E-state index contributed by atoms with van der Waals surface area (Å²) in [6.45, 7) is 1.79. The highest BCUT2D eigenvalue weighted by Crippen LogP contribution is 2.28. The Morgan fingerprint density at radius 1 is 1.17 bits per heavy atom. The molecule has 0 aliphatic rings. The van der Waals surface area contributed by atoms with Crippen LogP contribution < -0.4 is 0 Å². The molecule has 0 aliphatic heterocycles. The average Bonchev–Trinajstić information content (AvgIpc) is 2.30. The van der Waals surface area contributed by atoms with E-state index in [1.54, 1.807) is 25.1 Å². The van der Waals surface area contributed by atoms with Crippen molar-refractivity contribution in [2.45, 2.75) is 13.0 Å². The largest absolute Gasteiger partial charge is 0.384 e. The molecule has 0 saturated carbocycles. The molecule has 94 valence electrons. The Labute approximate surface area is 124 Å². The van der Waals surface area contributed by atoms with Crippen LogP contribution in [-0.2, 0) is 0 Å². The molecular weight excluding hydrogens is 366 g/mol. The lowest BCUT2D eigenvalue weighted by Gasteiger charge is -2.13. The van der Waals surface area contributed by atoms with Crippen molar-refractivity contribution in [3.8, 4) is 0 Å². The number of aryl methyl sites for hydroxylation is 1. The first kappa shape index (κ1) is 13.8. The standard InChI is InChI=1S/C14H11ClFIO/c1-8-4-10(6-11(16)5-8)14(18)9-2-3-13(17)12(15)7-9/h2-7,14,18H,1H3. The van der Waals surface area contributed by atoms with Crippen LogP contribution in [0.2, 0.25) is 5.02 Å². The van der Waals surface area contributed by atoms with Gasteiger partial charge >= 0.3 is 0 Å². The summed E-state index contributed by atoms with van der Waals surface area (Å²) in [4.78, 5) is 0. The molecule has 1 N–H and O–H groups in total. The van der Waals surface area contributed by atoms with Gasteiger partial charge in [-0.1, -0.05) is 23.7 Å². The minimum Gasteiger partial charge on any atom is -0.384 e. The van der Waals surface area contributed by atoms with E-state index in [9.17, 15) is 9.50 Å². The quantitative estimate of drug-likeness (QED) is 0.767. The third-order valence-electron chi connectivity index (χ3n) is 2.64. The zero-order valence-corrected chi connectivity index (χ0v) is 12.5. The maximum Gasteiger partial charge on any atom is 0.123 e. The molecule has 0 radical (unpaired) electrons. The maximum absolute atomic E-state index is 13.3. The molecule has 1 atom stereocenters. The van der Waals surface area contributed by atoms with Crippen LogP contribution in [0.15, 0.2) is 36.4 Å². The normalized spacial score (nSPS) is 12.5. The molecule has 0 aromatic heterocycles. The molecule has 4 heteroatoms. The van der Waals surface area contributed by atoms with Crippen molar-refractivity contribution in [2.24, 2.45) is 0 Å². The van der Waals surface area contributed by atoms with Crippen LogP contribution in [-0.4, -0.2) is 5.11 Å². The second kappa shape index (κ2) is 5.55. The van der Waals surface area contributed by atoms with Crippen LogP contribution in [0, 0.1) is 16.3 Å². The van der Waals surface area contributed by atoms with E-state index in [0.717, 1.165) is 9.13 Å². The third kappa shape index (κ3) is 3.02. The zero-order valence-electron chi connectivity index (χ0n) is 9.62. The van der Waals surface area contributed by atoms with Gasteiger partial charge < -0.3 is 5.11 Å². The molecule has 2 aromatic carbocycles. The van der Waals surface area contributed by atoms with Crippen LogP contribution in [0.3, 0.4) is 0 Å². The smallest absolute Gasteiger partial charge is 0.123 e. The van der Waals surface area contributed by atoms with E-state index in [2.05, 4.69) is 22.6 Å². The van der Waals surface area contributed by atoms with Crippen LogP contribution in [0.5, 0.6) is 0 Å². The molecule has 0 heterocycles. The van der Waals surface area contributed by atoms with Crippen molar-refractivity contribution in [1.82, 2.24) is 0 Å². The monoisotopic (exact) mass is 376 g/mol. The van der Waals surface area contributed by atoms with E-state index < -0.39 is 6.10 Å². The van der Waals surface area contributed by atoms with E-state index in [1.807, 2.05) is 6.07 Å². The van der Waals surface area contributed by atoms with E-state index in [-0.39, 0.29) is 5.82 Å². The summed E-state index contributed by atoms with van der Waals surface area (Å²) in [5, 5.41) is 10.8. The molecule has 0 saturated heterocycles. The van der Waals surface area contributed by atoms with Crippen LogP contribution in [0.25, 0.3) is 0 Å². The van der Waals surface area contributed by atoms with Crippen molar-refractivity contribution in [3.05, 3.63) is 67.5 Å². The molecular formula is C14H11ClFIO. The number of hydrogen-bond donors (Lipinski definition) is 1. The van der Waals surface area contributed by atoms with Gasteiger partial charge in [0.15, 0.2) is 0 Å². The molecule has 1 nitrogen and oxygen atoms in total. The second-order valence-electron chi connectivity index (χ2n) is 4.14. The van der Waals surface area contributed by atoms with Gasteiger partial charge in [0.25, 0.3) is 0 Å². The number of benzene rings is 2. The van der Waals surface area contributed by atoms with Gasteiger partial charge in [-0.25, -0.2) is 4.39 Å². The van der Waals surface area contributed by atoms with Gasteiger partial charge in [0.1, 0.15) is 11.9 Å². The predicted octanol–water partition coefficient (Wildman–Crippen LogP) is 4.47. The van der Waals surface area contributed by atoms with Gasteiger partial charge in [-0.05, 0) is 70.5 Å². The number of aliphatic hydroxyl groups is 1. The summed E-state index contributed by atoms with van der Waals surface area (Å²) < 4.78 is 14.2. The van der Waals surface area contributed by atoms with Gasteiger partial charge in [0.05, 0.1) is 5.02 Å². The summed E-state index contributed by atoms with van der Waals surface area (Å²) in [6.07, 6.45) is -0.867. The fraction of sp³-hybridized carbons (Fsp3) is 0.143. The van der Waals surface area contributed by atoms with Gasteiger partial charge in [-0.2, -0.15) is 0 Å². The second-order valence-corrected chi connectivity index (χ2v) is 5.71. The number of hydrogen-bond acceptors (Lipinski definition) is 1. The lowest BCUT2D eigenvalue weighted by molar-refractivity contribution is 0.219. The molecule has 0 aliphatic carbocycles. The first-order chi connectivity index (χ1) is 8.47. The van der Waals surface area contributed by atoms with Crippen molar-refractivity contribution in [2.75, 3.05) is 0 Å². The van der Waals surface area contributed by atoms with Crippen LogP contribution >= 0.6 is 34.2 Å². The molecule has 2 rings (SSSR count). The first-order valence-electron chi connectivity index (χ1n) is 5.37. The number of aliphatic hydroxyl groups excluding tert-OH is 1. The summed E-state index contributed by atoms with van der Waals surface area (Å²) in [5.74, 6) is -0.347. The third-order valence-corrected chi connectivity index (χ3v) is 4.21. The summed E-state index contributed by atoms with van der Waals surface area (Å²) in [6, 6.07) is 9.85. The van der Waals surface area contributed by atoms with Gasteiger partial charge in [0, 0.05) is 3.57 Å². The fourth-order valence-corrected chi connectivity index (χ4v) is 2.32. The molecule has 2 aromatic rings. The fourth-order valence-electron chi connectivity index (χ4n) is 1.80. The highest BCUT2D eigenvalue weighted by molar-refractivity contribution is 14.1. The number of halogens is 3. The molecule has 0 bridgehead atoms. The minimum atomic E-state index is -0.867. The van der Waals surface area contributed by atoms with E-state index in [4.69, 9.17) is 11.6 Å². The van der Waals surface area contributed by atoms with Crippen molar-refractivity contribution < 1.29 is 9.50 Å². The lowest BCUT2D eigenvalue weighted by Crippen LogP contribution is -2.01. The van der Waals surface area contributed by atoms with E-state index >= 15 is 0 Å². The van der Waals surface area contributed by atoms with E-state index in [1.165, 1.54) is 12.1 Å². The minimum absolute atomic E-state index is 0.347. The van der Waals surface area contributed by atoms with Crippen molar-refractivity contribution >= 4 is 34.2 Å². The molecule has 0 fully saturated rings. The van der Waals surface area contributed by atoms with Gasteiger partial charge in [-0.15, -0.1) is 0 Å². The molecule has 1 unspecified atom stereocenters. The average molecular weight is 377 g/mol. The zero-order chi connectivity index (χ0) is 13.3. The van der Waals surface area contributed by atoms with Crippen LogP contribution in [0.4, 0.5) is 4.39 Å². The Bertz CT molecular complexity index is 566. The number of rotatable bonds is 2. The predicted molar refractivity (Wildman–Crippen MR) is 79.4 cm³/mol. The highest BCUT2D eigenvalue weighted by Gasteiger charge is 2.13. The Morgan fingerprint density at radius 3 is 2.50 bits per heavy atom. The molecule has 18 heavy (non-hydrogen) atoms. The van der Waals surface area contributed by atoms with Gasteiger partial charge in [-0.3, -0.25) is 0 Å². The molecule has 0 amide bonds. The van der Waals surface area contributed by atoms with Crippen molar-refractivity contribution in [3.63, 3.8) is 0 Å². The molecule has 0 spiro atoms. The maximum atomic E-state index is 13.3. The van der Waals surface area contributed by atoms with Gasteiger partial charge in [0.2, 0.25) is 0 Å². The van der Waals surface area contributed by atoms with E-state index in [0.29, 0.717) is 16.1 Å². The Kier molecular flexibility index (Phi) is 4.25. The Balaban J connectivity index is 2.40. The Morgan fingerprint density at radius 2 is 1.89 bits per heavy atom. The Hall–Kier alpha value is -0.650. The van der Waals surface area contributed by atoms with Crippen molar-refractivity contribution in [1.29, 1.82) is 0 Å². The summed E-state index contributed by atoms with van der Waals surface area (Å²) in [7, 11) is 0. The SMILES string of the molecule is Cc1cc(F)cc(C(O)c2ccc(I)c(Cl)c2)c1. The van der Waals surface area contributed by atoms with Crippen LogP contribution in [0.1, 0.15) is 22.8 Å². The summed E-state index contributed by atoms with van der Waals surface area (Å²) in [5.41, 5.74) is 1.97. The topological polar surface area (TPSA) is 20.2 Å². The lowest BCUT2D eigenvalue weighted by atomic mass is 10.00. The first-order valence-corrected chi connectivity index (χ1v) is 6.83. The summed E-state index contributed by atoms with van der Waals surface area (Å²) >= 11 is 8.13.